The lowest BCUT2D eigenvalue weighted by molar-refractivity contribution is -0.150. The number of hydrogen-bond acceptors (Lipinski definition) is 3. The summed E-state index contributed by atoms with van der Waals surface area (Å²) in [5.74, 6) is -0.263. The third-order valence-corrected chi connectivity index (χ3v) is 3.86. The standard InChI is InChI=1S/C15H24O3/c1-10(2)6-5-7-11(3)12-8-9-13(16)14(12)15(17)18-4/h6,11-12,14H,5,7-9H2,1-4H3/t11-,12-,14-/m1/s1. The zero-order chi connectivity index (χ0) is 13.7. The first-order valence-electron chi connectivity index (χ1n) is 6.71. The van der Waals surface area contributed by atoms with Gasteiger partial charge in [0.2, 0.25) is 0 Å². The maximum absolute atomic E-state index is 11.8. The van der Waals surface area contributed by atoms with Crippen molar-refractivity contribution < 1.29 is 14.3 Å². The number of ketones is 1. The van der Waals surface area contributed by atoms with Crippen LogP contribution in [0.25, 0.3) is 0 Å². The average molecular weight is 252 g/mol. The Hall–Kier alpha value is -1.12. The SMILES string of the molecule is COC(=O)[C@H]1C(=O)CC[C@@H]1[C@H](C)CCC=C(C)C. The first kappa shape index (κ1) is 14.9. The fourth-order valence-electron chi connectivity index (χ4n) is 2.77. The van der Waals surface area contributed by atoms with E-state index in [1.54, 1.807) is 0 Å². The monoisotopic (exact) mass is 252 g/mol. The smallest absolute Gasteiger partial charge is 0.316 e. The molecule has 0 unspecified atom stereocenters. The van der Waals surface area contributed by atoms with Gasteiger partial charge in [0.15, 0.2) is 0 Å². The van der Waals surface area contributed by atoms with Crippen LogP contribution in [0.15, 0.2) is 11.6 Å². The highest BCUT2D eigenvalue weighted by molar-refractivity contribution is 6.00. The minimum atomic E-state index is -0.517. The zero-order valence-electron chi connectivity index (χ0n) is 11.9. The Labute approximate surface area is 110 Å². The summed E-state index contributed by atoms with van der Waals surface area (Å²) >= 11 is 0. The Morgan fingerprint density at radius 2 is 2.17 bits per heavy atom. The van der Waals surface area contributed by atoms with Gasteiger partial charge in [0.05, 0.1) is 7.11 Å². The Bertz CT molecular complexity index is 340. The lowest BCUT2D eigenvalue weighted by atomic mass is 9.82. The zero-order valence-corrected chi connectivity index (χ0v) is 11.9. The Kier molecular flexibility index (Phi) is 5.57. The molecule has 0 aliphatic heterocycles. The highest BCUT2D eigenvalue weighted by atomic mass is 16.5. The van der Waals surface area contributed by atoms with E-state index in [0.29, 0.717) is 12.3 Å². The maximum atomic E-state index is 11.8. The summed E-state index contributed by atoms with van der Waals surface area (Å²) in [6, 6.07) is 0. The van der Waals surface area contributed by atoms with E-state index >= 15 is 0 Å². The third-order valence-electron chi connectivity index (χ3n) is 3.86. The van der Waals surface area contributed by atoms with Crippen LogP contribution in [-0.2, 0) is 14.3 Å². The number of esters is 1. The molecule has 102 valence electrons. The van der Waals surface area contributed by atoms with Crippen molar-refractivity contribution >= 4 is 11.8 Å². The quantitative estimate of drug-likeness (QED) is 0.429. The number of carbonyl (C=O) groups excluding carboxylic acids is 2. The first-order chi connectivity index (χ1) is 8.47. The van der Waals surface area contributed by atoms with Gasteiger partial charge in [0.1, 0.15) is 11.7 Å². The van der Waals surface area contributed by atoms with Gasteiger partial charge in [-0.3, -0.25) is 9.59 Å². The second-order valence-electron chi connectivity index (χ2n) is 5.51. The molecular formula is C15H24O3. The molecule has 0 saturated heterocycles. The number of ether oxygens (including phenoxy) is 1. The molecular weight excluding hydrogens is 228 g/mol. The molecule has 1 aliphatic rings. The van der Waals surface area contributed by atoms with E-state index in [4.69, 9.17) is 4.74 Å². The number of allylic oxidation sites excluding steroid dienone is 2. The van der Waals surface area contributed by atoms with Gasteiger partial charge in [0, 0.05) is 6.42 Å². The first-order valence-corrected chi connectivity index (χ1v) is 6.71. The van der Waals surface area contributed by atoms with Gasteiger partial charge in [0.25, 0.3) is 0 Å². The van der Waals surface area contributed by atoms with Gasteiger partial charge in [-0.25, -0.2) is 0 Å². The van der Waals surface area contributed by atoms with Gasteiger partial charge in [-0.15, -0.1) is 0 Å². The van der Waals surface area contributed by atoms with E-state index in [9.17, 15) is 9.59 Å². The minimum Gasteiger partial charge on any atom is -0.468 e. The minimum absolute atomic E-state index is 0.0564. The maximum Gasteiger partial charge on any atom is 0.316 e. The summed E-state index contributed by atoms with van der Waals surface area (Å²) < 4.78 is 4.76. The molecule has 0 N–H and O–H groups in total. The van der Waals surface area contributed by atoms with Crippen LogP contribution >= 0.6 is 0 Å². The third kappa shape index (κ3) is 3.69. The molecule has 1 saturated carbocycles. The summed E-state index contributed by atoms with van der Waals surface area (Å²) in [5.41, 5.74) is 1.31. The van der Waals surface area contributed by atoms with E-state index in [2.05, 4.69) is 26.8 Å². The summed E-state index contributed by atoms with van der Waals surface area (Å²) in [6.07, 6.45) is 5.60. The van der Waals surface area contributed by atoms with Crippen LogP contribution in [0.1, 0.15) is 46.5 Å². The molecule has 3 heteroatoms. The van der Waals surface area contributed by atoms with Gasteiger partial charge in [-0.05, 0) is 44.9 Å². The number of rotatable bonds is 5. The Morgan fingerprint density at radius 3 is 2.72 bits per heavy atom. The van der Waals surface area contributed by atoms with Crippen molar-refractivity contribution in [1.29, 1.82) is 0 Å². The van der Waals surface area contributed by atoms with Crippen molar-refractivity contribution in [3.8, 4) is 0 Å². The highest BCUT2D eigenvalue weighted by Gasteiger charge is 2.42. The number of carbonyl (C=O) groups is 2. The molecule has 3 nitrogen and oxygen atoms in total. The van der Waals surface area contributed by atoms with Gasteiger partial charge >= 0.3 is 5.97 Å². The van der Waals surface area contributed by atoms with Crippen LogP contribution in [0.2, 0.25) is 0 Å². The lowest BCUT2D eigenvalue weighted by Gasteiger charge is -2.22. The summed E-state index contributed by atoms with van der Waals surface area (Å²) in [6.45, 7) is 6.31. The molecule has 0 aromatic rings. The fourth-order valence-corrected chi connectivity index (χ4v) is 2.77. The topological polar surface area (TPSA) is 43.4 Å². The molecule has 1 rings (SSSR count). The second kappa shape index (κ2) is 6.72. The van der Waals surface area contributed by atoms with Gasteiger partial charge in [-0.1, -0.05) is 18.6 Å². The highest BCUT2D eigenvalue weighted by Crippen LogP contribution is 2.37. The second-order valence-corrected chi connectivity index (χ2v) is 5.51. The van der Waals surface area contributed by atoms with Crippen LogP contribution in [0.5, 0.6) is 0 Å². The van der Waals surface area contributed by atoms with Gasteiger partial charge in [-0.2, -0.15) is 0 Å². The molecule has 0 aromatic heterocycles. The number of Topliss-reactive ketones (excluding diaryl/α,β-unsaturated/α-hetero) is 1. The van der Waals surface area contributed by atoms with Crippen molar-refractivity contribution in [3.05, 3.63) is 11.6 Å². The van der Waals surface area contributed by atoms with Crippen molar-refractivity contribution in [2.24, 2.45) is 17.8 Å². The Balaban J connectivity index is 2.61. The van der Waals surface area contributed by atoms with Crippen LogP contribution in [-0.4, -0.2) is 18.9 Å². The van der Waals surface area contributed by atoms with E-state index in [-0.39, 0.29) is 17.7 Å². The average Bonchev–Trinajstić information content (AvgIpc) is 2.69. The number of methoxy groups -OCH3 is 1. The van der Waals surface area contributed by atoms with Crippen LogP contribution in [0.3, 0.4) is 0 Å². The summed E-state index contributed by atoms with van der Waals surface area (Å²) in [4.78, 5) is 23.4. The van der Waals surface area contributed by atoms with Crippen molar-refractivity contribution in [2.75, 3.05) is 7.11 Å². The van der Waals surface area contributed by atoms with Crippen molar-refractivity contribution in [3.63, 3.8) is 0 Å². The molecule has 1 fully saturated rings. The molecule has 0 radical (unpaired) electrons. The molecule has 0 bridgehead atoms. The van der Waals surface area contributed by atoms with Crippen LogP contribution in [0, 0.1) is 17.8 Å². The van der Waals surface area contributed by atoms with Crippen LogP contribution in [0.4, 0.5) is 0 Å². The van der Waals surface area contributed by atoms with Crippen molar-refractivity contribution in [1.82, 2.24) is 0 Å². The summed E-state index contributed by atoms with van der Waals surface area (Å²) in [7, 11) is 1.36. The van der Waals surface area contributed by atoms with E-state index in [0.717, 1.165) is 19.3 Å². The molecule has 3 atom stereocenters. The fraction of sp³-hybridized carbons (Fsp3) is 0.733. The van der Waals surface area contributed by atoms with Crippen LogP contribution < -0.4 is 0 Å². The molecule has 0 amide bonds. The molecule has 18 heavy (non-hydrogen) atoms. The molecule has 0 aromatic carbocycles. The predicted molar refractivity (Wildman–Crippen MR) is 71.1 cm³/mol. The van der Waals surface area contributed by atoms with Crippen molar-refractivity contribution in [2.45, 2.75) is 46.5 Å². The molecule has 1 aliphatic carbocycles. The summed E-state index contributed by atoms with van der Waals surface area (Å²) in [5, 5.41) is 0. The van der Waals surface area contributed by atoms with E-state index in [1.165, 1.54) is 12.7 Å². The number of hydrogen-bond donors (Lipinski definition) is 0. The Morgan fingerprint density at radius 1 is 1.50 bits per heavy atom. The van der Waals surface area contributed by atoms with E-state index in [1.807, 2.05) is 0 Å². The molecule has 0 spiro atoms. The lowest BCUT2D eigenvalue weighted by Crippen LogP contribution is -2.29. The molecule has 0 heterocycles. The van der Waals surface area contributed by atoms with E-state index < -0.39 is 5.92 Å². The predicted octanol–water partition coefficient (Wildman–Crippen LogP) is 3.14. The largest absolute Gasteiger partial charge is 0.468 e. The van der Waals surface area contributed by atoms with Gasteiger partial charge < -0.3 is 4.74 Å². The normalized spacial score (nSPS) is 24.8.